The fourth-order valence-corrected chi connectivity index (χ4v) is 9.65. The Morgan fingerprint density at radius 2 is 1.53 bits per heavy atom. The first kappa shape index (κ1) is 35.3. The van der Waals surface area contributed by atoms with Gasteiger partial charge in [0.05, 0.1) is 13.7 Å². The van der Waals surface area contributed by atoms with Gasteiger partial charge in [0.25, 0.3) is 0 Å². The number of furan rings is 1. The van der Waals surface area contributed by atoms with Crippen molar-refractivity contribution < 1.29 is 28.6 Å². The number of pyridine rings is 3. The quantitative estimate of drug-likeness (QED) is 0.118. The van der Waals surface area contributed by atoms with E-state index in [1.54, 1.807) is 6.20 Å². The van der Waals surface area contributed by atoms with Crippen molar-refractivity contribution in [2.45, 2.75) is 122 Å². The van der Waals surface area contributed by atoms with Crippen molar-refractivity contribution in [1.82, 2.24) is 15.0 Å². The van der Waals surface area contributed by atoms with Crippen molar-refractivity contribution in [2.24, 2.45) is 5.92 Å². The van der Waals surface area contributed by atoms with E-state index in [0.717, 1.165) is 94.1 Å². The Hall–Kier alpha value is -3.44. The molecular weight excluding hydrogens is 843 g/mol. The summed E-state index contributed by atoms with van der Waals surface area (Å²) < 4.78 is 32.7. The van der Waals surface area contributed by atoms with Crippen LogP contribution in [0.2, 0.25) is 19.6 Å². The Morgan fingerprint density at radius 3 is 2.26 bits per heavy atom. The average Bonchev–Trinajstić information content (AvgIpc) is 3.57. The smallest absolute Gasteiger partial charge is 0.216 e. The number of nitrogens with zero attached hydrogens (tertiary/aromatic N) is 3. The number of fused-ring (bicyclic) bond motifs is 3. The predicted molar refractivity (Wildman–Crippen MR) is 220 cm³/mol. The molecule has 0 saturated heterocycles. The summed E-state index contributed by atoms with van der Waals surface area (Å²) in [6, 6.07) is 26.7. The predicted octanol–water partition coefficient (Wildman–Crippen LogP) is 12.8. The van der Waals surface area contributed by atoms with Gasteiger partial charge < -0.3 is 14.4 Å². The van der Waals surface area contributed by atoms with Crippen LogP contribution in [0.15, 0.2) is 83.7 Å². The van der Waals surface area contributed by atoms with E-state index in [1.807, 2.05) is 74.8 Å². The minimum absolute atomic E-state index is 0. The van der Waals surface area contributed by atoms with Crippen molar-refractivity contribution in [3.8, 4) is 22.5 Å². The summed E-state index contributed by atoms with van der Waals surface area (Å²) in [4.78, 5) is 13.7. The topological polar surface area (TPSA) is 51.8 Å². The SMILES string of the molecule is [2H]C(C)(C)c1cc(-c2[c-]ccc(C3([2H])CCCCC3)c2)ncc1[Si](C)(C)C.[2H]C(C)(c1ccnc(-c2[c-]ccc3c2oc2ncccc23)c1)C1CCCCC1.[Ir]. The summed E-state index contributed by atoms with van der Waals surface area (Å²) in [7, 11) is -1.58. The molecule has 1 unspecified atom stereocenters. The molecule has 2 saturated carbocycles. The first-order valence-electron chi connectivity index (χ1n) is 20.8. The molecule has 8 rings (SSSR count). The molecule has 1 radical (unpaired) electrons. The third kappa shape index (κ3) is 8.93. The second-order valence-electron chi connectivity index (χ2n) is 16.0. The maximum absolute atomic E-state index is 9.10. The van der Waals surface area contributed by atoms with Crippen LogP contribution in [0.3, 0.4) is 0 Å². The molecule has 4 aromatic heterocycles. The van der Waals surface area contributed by atoms with Gasteiger partial charge in [-0.3, -0.25) is 0 Å². The van der Waals surface area contributed by atoms with E-state index < -0.39 is 25.8 Å². The molecular formula is C47H55IrN3OSi-2. The number of hydrogen-bond donors (Lipinski definition) is 0. The Balaban J connectivity index is 0.000000187. The van der Waals surface area contributed by atoms with Gasteiger partial charge in [-0.1, -0.05) is 113 Å². The molecule has 0 aliphatic heterocycles. The van der Waals surface area contributed by atoms with E-state index in [0.29, 0.717) is 11.6 Å². The molecule has 4 nitrogen and oxygen atoms in total. The van der Waals surface area contributed by atoms with Crippen LogP contribution in [-0.4, -0.2) is 23.0 Å². The average molecular weight is 901 g/mol. The minimum Gasteiger partial charge on any atom is -0.486 e. The molecule has 2 aliphatic rings. The maximum Gasteiger partial charge on any atom is 0.216 e. The van der Waals surface area contributed by atoms with Crippen molar-refractivity contribution in [3.05, 3.63) is 108 Å². The normalized spacial score (nSPS) is 18.5. The van der Waals surface area contributed by atoms with Crippen LogP contribution in [-0.2, 0) is 20.1 Å². The summed E-state index contributed by atoms with van der Waals surface area (Å²) in [6.45, 7) is 12.9. The molecule has 4 heterocycles. The summed E-state index contributed by atoms with van der Waals surface area (Å²) in [5, 5.41) is 3.27. The molecule has 0 N–H and O–H groups in total. The monoisotopic (exact) mass is 901 g/mol. The van der Waals surface area contributed by atoms with Crippen LogP contribution < -0.4 is 5.19 Å². The van der Waals surface area contributed by atoms with Crippen molar-refractivity contribution in [3.63, 3.8) is 0 Å². The Morgan fingerprint density at radius 1 is 0.792 bits per heavy atom. The molecule has 2 aliphatic carbocycles. The summed E-state index contributed by atoms with van der Waals surface area (Å²) in [6.07, 6.45) is 17.0. The summed E-state index contributed by atoms with van der Waals surface area (Å²) >= 11 is 0. The third-order valence-electron chi connectivity index (χ3n) is 11.1. The zero-order valence-corrected chi connectivity index (χ0v) is 35.6. The van der Waals surface area contributed by atoms with Gasteiger partial charge in [-0.05, 0) is 84.1 Å². The molecule has 6 aromatic rings. The van der Waals surface area contributed by atoms with Gasteiger partial charge in [0.2, 0.25) is 5.71 Å². The fourth-order valence-electron chi connectivity index (χ4n) is 8.07. The van der Waals surface area contributed by atoms with Crippen molar-refractivity contribution >= 4 is 35.3 Å². The van der Waals surface area contributed by atoms with E-state index in [-0.39, 0.29) is 20.1 Å². The summed E-state index contributed by atoms with van der Waals surface area (Å²) in [5.74, 6) is -1.35. The molecule has 0 spiro atoms. The van der Waals surface area contributed by atoms with Crippen LogP contribution in [0.4, 0.5) is 0 Å². The molecule has 0 amide bonds. The second-order valence-corrected chi connectivity index (χ2v) is 21.1. The van der Waals surface area contributed by atoms with E-state index >= 15 is 0 Å². The molecule has 2 aromatic carbocycles. The summed E-state index contributed by atoms with van der Waals surface area (Å²) in [5.41, 5.74) is 8.00. The standard InChI is InChI=1S/C24H23N2O.C23H32NSi.Ir/c1-16(17-7-3-2-4-8-17)18-12-14-25-22(15-18)21-10-5-9-19-20-11-6-13-26-24(20)27-23(19)21;1-17(2)21-15-22(24-16-23(21)25(3,4)5)20-13-9-12-19(14-20)18-10-7-6-8-11-18;/h5-6,9,11-17H,2-4,7-8H2,1H3;9,12,14-18H,6-8,10-11H2,1-5H3;/q2*-1;/i16D;17D,18D;. The van der Waals surface area contributed by atoms with Gasteiger partial charge >= 0.3 is 0 Å². The van der Waals surface area contributed by atoms with Gasteiger partial charge in [-0.2, -0.15) is 0 Å². The molecule has 6 heteroatoms. The van der Waals surface area contributed by atoms with Crippen LogP contribution >= 0.6 is 0 Å². The van der Waals surface area contributed by atoms with Crippen LogP contribution in [0.25, 0.3) is 44.6 Å². The zero-order chi connectivity index (χ0) is 39.0. The van der Waals surface area contributed by atoms with E-state index in [4.69, 9.17) is 13.5 Å². The molecule has 279 valence electrons. The van der Waals surface area contributed by atoms with Crippen molar-refractivity contribution in [1.29, 1.82) is 0 Å². The van der Waals surface area contributed by atoms with Gasteiger partial charge in [0, 0.05) is 48.2 Å². The first-order chi connectivity index (χ1) is 26.1. The number of hydrogen-bond acceptors (Lipinski definition) is 4. The molecule has 1 atom stereocenters. The minimum atomic E-state index is -1.58. The van der Waals surface area contributed by atoms with Gasteiger partial charge in [0.15, 0.2) is 0 Å². The number of benzene rings is 2. The van der Waals surface area contributed by atoms with Crippen LogP contribution in [0.1, 0.15) is 123 Å². The Bertz CT molecular complexity index is 2280. The maximum atomic E-state index is 9.10. The van der Waals surface area contributed by atoms with Crippen molar-refractivity contribution in [2.75, 3.05) is 0 Å². The third-order valence-corrected chi connectivity index (χ3v) is 13.1. The molecule has 2 fully saturated rings. The van der Waals surface area contributed by atoms with Gasteiger partial charge in [0.1, 0.15) is 0 Å². The Labute approximate surface area is 336 Å². The molecule has 53 heavy (non-hydrogen) atoms. The van der Waals surface area contributed by atoms with E-state index in [1.165, 1.54) is 30.9 Å². The zero-order valence-electron chi connectivity index (χ0n) is 35.2. The van der Waals surface area contributed by atoms with Crippen LogP contribution in [0.5, 0.6) is 0 Å². The fraction of sp³-hybridized carbons (Fsp3) is 0.426. The van der Waals surface area contributed by atoms with Crippen LogP contribution in [0, 0.1) is 18.1 Å². The van der Waals surface area contributed by atoms with E-state index in [2.05, 4.69) is 60.8 Å². The first-order valence-corrected chi connectivity index (χ1v) is 22.8. The number of rotatable bonds is 7. The van der Waals surface area contributed by atoms with Gasteiger partial charge in [-0.15, -0.1) is 53.6 Å². The van der Waals surface area contributed by atoms with E-state index in [9.17, 15) is 0 Å². The molecule has 0 bridgehead atoms. The second kappa shape index (κ2) is 17.4. The number of aromatic nitrogens is 3. The largest absolute Gasteiger partial charge is 0.486 e. The van der Waals surface area contributed by atoms with Gasteiger partial charge in [-0.25, -0.2) is 4.98 Å². The Kier molecular flexibility index (Phi) is 11.5.